The Hall–Kier alpha value is -2.06. The average molecular weight is 410 g/mol. The van der Waals surface area contributed by atoms with Crippen LogP contribution in [0.2, 0.25) is 0 Å². The van der Waals surface area contributed by atoms with Gasteiger partial charge >= 0.3 is 0 Å². The molecular weight excluding hydrogens is 386 g/mol. The molecule has 146 valence electrons. The van der Waals surface area contributed by atoms with E-state index >= 15 is 0 Å². The van der Waals surface area contributed by atoms with Gasteiger partial charge in [0, 0.05) is 0 Å². The van der Waals surface area contributed by atoms with Gasteiger partial charge in [0.2, 0.25) is 0 Å². The zero-order valence-corrected chi connectivity index (χ0v) is 17.0. The molecule has 3 rings (SSSR count). The Labute approximate surface area is 160 Å². The first-order valence-electron chi connectivity index (χ1n) is 8.74. The van der Waals surface area contributed by atoms with Crippen LogP contribution in [0.3, 0.4) is 0 Å². The summed E-state index contributed by atoms with van der Waals surface area (Å²) in [5.74, 6) is 0.419. The van der Waals surface area contributed by atoms with Crippen LogP contribution in [-0.4, -0.2) is 41.5 Å². The monoisotopic (exact) mass is 409 g/mol. The van der Waals surface area contributed by atoms with Crippen LogP contribution in [0, 0.1) is 0 Å². The SMILES string of the molecule is CCc1ccc(S(=O)(=O)N(c2ccc(OC)cc2)C2CCS(=O)(=O)C2)cc1. The Morgan fingerprint density at radius 1 is 1.07 bits per heavy atom. The van der Waals surface area contributed by atoms with E-state index in [1.807, 2.05) is 6.92 Å². The van der Waals surface area contributed by atoms with E-state index in [1.165, 1.54) is 11.4 Å². The number of ether oxygens (including phenoxy) is 1. The van der Waals surface area contributed by atoms with Gasteiger partial charge in [0.15, 0.2) is 9.84 Å². The molecule has 0 N–H and O–H groups in total. The van der Waals surface area contributed by atoms with E-state index in [9.17, 15) is 16.8 Å². The second-order valence-corrected chi connectivity index (χ2v) is 10.6. The van der Waals surface area contributed by atoms with Crippen LogP contribution in [0.25, 0.3) is 0 Å². The molecular formula is C19H23NO5S2. The Kier molecular flexibility index (Phi) is 5.48. The lowest BCUT2D eigenvalue weighted by Gasteiger charge is -2.29. The van der Waals surface area contributed by atoms with Crippen LogP contribution in [0.15, 0.2) is 53.4 Å². The zero-order valence-electron chi connectivity index (χ0n) is 15.3. The van der Waals surface area contributed by atoms with Gasteiger partial charge in [-0.3, -0.25) is 4.31 Å². The summed E-state index contributed by atoms with van der Waals surface area (Å²) < 4.78 is 57.1. The van der Waals surface area contributed by atoms with Crippen molar-refractivity contribution in [3.05, 3.63) is 54.1 Å². The maximum Gasteiger partial charge on any atom is 0.264 e. The molecule has 1 heterocycles. The fraction of sp³-hybridized carbons (Fsp3) is 0.368. The molecule has 2 aromatic rings. The van der Waals surface area contributed by atoms with Crippen molar-refractivity contribution in [3.63, 3.8) is 0 Å². The molecule has 1 fully saturated rings. The fourth-order valence-corrected chi connectivity index (χ4v) is 6.72. The number of methoxy groups -OCH3 is 1. The van der Waals surface area contributed by atoms with Crippen molar-refractivity contribution < 1.29 is 21.6 Å². The predicted molar refractivity (Wildman–Crippen MR) is 106 cm³/mol. The van der Waals surface area contributed by atoms with E-state index in [0.717, 1.165) is 12.0 Å². The second-order valence-electron chi connectivity index (χ2n) is 6.55. The molecule has 0 saturated carbocycles. The van der Waals surface area contributed by atoms with Gasteiger partial charge in [0.1, 0.15) is 5.75 Å². The van der Waals surface area contributed by atoms with E-state index in [4.69, 9.17) is 4.74 Å². The Morgan fingerprint density at radius 3 is 2.19 bits per heavy atom. The van der Waals surface area contributed by atoms with Crippen molar-refractivity contribution in [2.45, 2.75) is 30.7 Å². The highest BCUT2D eigenvalue weighted by atomic mass is 32.2. The van der Waals surface area contributed by atoms with E-state index in [-0.39, 0.29) is 22.8 Å². The van der Waals surface area contributed by atoms with Gasteiger partial charge in [0.25, 0.3) is 10.0 Å². The third kappa shape index (κ3) is 4.11. The minimum Gasteiger partial charge on any atom is -0.497 e. The molecule has 1 atom stereocenters. The molecule has 2 aromatic carbocycles. The molecule has 0 bridgehead atoms. The van der Waals surface area contributed by atoms with Crippen LogP contribution in [0.1, 0.15) is 18.9 Å². The number of rotatable bonds is 6. The van der Waals surface area contributed by atoms with Crippen molar-refractivity contribution in [1.82, 2.24) is 0 Å². The smallest absolute Gasteiger partial charge is 0.264 e. The average Bonchev–Trinajstić information content (AvgIpc) is 3.01. The lowest BCUT2D eigenvalue weighted by Crippen LogP contribution is -2.41. The summed E-state index contributed by atoms with van der Waals surface area (Å²) >= 11 is 0. The Bertz CT molecular complexity index is 997. The minimum atomic E-state index is -3.90. The summed E-state index contributed by atoms with van der Waals surface area (Å²) in [5, 5.41) is 0. The minimum absolute atomic E-state index is 0.00534. The number of hydrogen-bond donors (Lipinski definition) is 0. The van der Waals surface area contributed by atoms with Crippen molar-refractivity contribution in [3.8, 4) is 5.75 Å². The number of aryl methyl sites for hydroxylation is 1. The van der Waals surface area contributed by atoms with Crippen LogP contribution >= 0.6 is 0 Å². The van der Waals surface area contributed by atoms with Gasteiger partial charge in [-0.15, -0.1) is 0 Å². The third-order valence-electron chi connectivity index (χ3n) is 4.76. The van der Waals surface area contributed by atoms with Crippen LogP contribution in [-0.2, 0) is 26.3 Å². The molecule has 6 nitrogen and oxygen atoms in total. The maximum absolute atomic E-state index is 13.4. The highest BCUT2D eigenvalue weighted by Crippen LogP contribution is 2.32. The lowest BCUT2D eigenvalue weighted by molar-refractivity contribution is 0.415. The number of hydrogen-bond acceptors (Lipinski definition) is 5. The van der Waals surface area contributed by atoms with Gasteiger partial charge in [-0.1, -0.05) is 19.1 Å². The largest absolute Gasteiger partial charge is 0.497 e. The van der Waals surface area contributed by atoms with E-state index < -0.39 is 25.9 Å². The van der Waals surface area contributed by atoms with E-state index in [2.05, 4.69) is 0 Å². The highest BCUT2D eigenvalue weighted by Gasteiger charge is 2.39. The van der Waals surface area contributed by atoms with Gasteiger partial charge in [0.05, 0.1) is 35.2 Å². The van der Waals surface area contributed by atoms with E-state index in [0.29, 0.717) is 11.4 Å². The number of sulfonamides is 1. The van der Waals surface area contributed by atoms with Crippen LogP contribution < -0.4 is 9.04 Å². The molecule has 1 aliphatic rings. The number of sulfone groups is 1. The topological polar surface area (TPSA) is 80.8 Å². The summed E-state index contributed by atoms with van der Waals surface area (Å²) in [4.78, 5) is 0.153. The molecule has 27 heavy (non-hydrogen) atoms. The Balaban J connectivity index is 2.07. The standard InChI is InChI=1S/C19H23NO5S2/c1-3-15-4-10-19(11-5-15)27(23,24)20(17-12-13-26(21,22)14-17)16-6-8-18(25-2)9-7-16/h4-11,17H,3,12-14H2,1-2H3. The quantitative estimate of drug-likeness (QED) is 0.733. The first-order chi connectivity index (χ1) is 12.8. The molecule has 0 aliphatic carbocycles. The third-order valence-corrected chi connectivity index (χ3v) is 8.40. The molecule has 0 radical (unpaired) electrons. The van der Waals surface area contributed by atoms with E-state index in [1.54, 1.807) is 48.5 Å². The van der Waals surface area contributed by atoms with Crippen LogP contribution in [0.4, 0.5) is 5.69 Å². The van der Waals surface area contributed by atoms with Crippen molar-refractivity contribution in [1.29, 1.82) is 0 Å². The first kappa shape index (κ1) is 19.7. The molecule has 0 aromatic heterocycles. The number of benzene rings is 2. The summed E-state index contributed by atoms with van der Waals surface area (Å²) in [6.45, 7) is 2.00. The maximum atomic E-state index is 13.4. The van der Waals surface area contributed by atoms with Gasteiger partial charge < -0.3 is 4.74 Å². The fourth-order valence-electron chi connectivity index (χ4n) is 3.25. The Morgan fingerprint density at radius 2 is 1.70 bits per heavy atom. The molecule has 8 heteroatoms. The first-order valence-corrected chi connectivity index (χ1v) is 12.0. The second kappa shape index (κ2) is 7.52. The van der Waals surface area contributed by atoms with Gasteiger partial charge in [-0.25, -0.2) is 16.8 Å². The lowest BCUT2D eigenvalue weighted by atomic mass is 10.2. The van der Waals surface area contributed by atoms with Crippen LogP contribution in [0.5, 0.6) is 5.75 Å². The molecule has 1 aliphatic heterocycles. The molecule has 1 saturated heterocycles. The summed E-state index contributed by atoms with van der Waals surface area (Å²) in [6, 6.07) is 12.7. The number of anilines is 1. The summed E-state index contributed by atoms with van der Waals surface area (Å²) in [6.07, 6.45) is 1.09. The van der Waals surface area contributed by atoms with Gasteiger partial charge in [-0.2, -0.15) is 0 Å². The highest BCUT2D eigenvalue weighted by molar-refractivity contribution is 7.93. The van der Waals surface area contributed by atoms with Crippen molar-refractivity contribution in [2.75, 3.05) is 22.9 Å². The van der Waals surface area contributed by atoms with Crippen molar-refractivity contribution >= 4 is 25.5 Å². The molecule has 0 amide bonds. The van der Waals surface area contributed by atoms with Crippen molar-refractivity contribution in [2.24, 2.45) is 0 Å². The van der Waals surface area contributed by atoms with Gasteiger partial charge in [-0.05, 0) is 54.8 Å². The molecule has 0 spiro atoms. The number of nitrogens with zero attached hydrogens (tertiary/aromatic N) is 1. The predicted octanol–water partition coefficient (Wildman–Crippen LogP) is 2.64. The molecule has 1 unspecified atom stereocenters. The normalized spacial score (nSPS) is 19.0. The summed E-state index contributed by atoms with van der Waals surface area (Å²) in [7, 11) is -5.62. The summed E-state index contributed by atoms with van der Waals surface area (Å²) in [5.41, 5.74) is 1.46. The zero-order chi connectivity index (χ0) is 19.7.